The van der Waals surface area contributed by atoms with Gasteiger partial charge < -0.3 is 4.74 Å². The van der Waals surface area contributed by atoms with Gasteiger partial charge in [0.05, 0.1) is 12.6 Å². The molecular weight excluding hydrogens is 304 g/mol. The first-order valence-electron chi connectivity index (χ1n) is 6.79. The fraction of sp³-hybridized carbons (Fsp3) is 0.533. The van der Waals surface area contributed by atoms with Crippen molar-refractivity contribution in [2.24, 2.45) is 0 Å². The van der Waals surface area contributed by atoms with Crippen molar-refractivity contribution in [3.63, 3.8) is 0 Å². The van der Waals surface area contributed by atoms with Gasteiger partial charge in [0, 0.05) is 17.1 Å². The molecule has 0 saturated heterocycles. The normalized spacial score (nSPS) is 15.6. The zero-order valence-electron chi connectivity index (χ0n) is 11.0. The zero-order valence-corrected chi connectivity index (χ0v) is 12.6. The van der Waals surface area contributed by atoms with Crippen molar-refractivity contribution in [3.05, 3.63) is 28.7 Å². The van der Waals surface area contributed by atoms with Crippen molar-refractivity contribution in [2.45, 2.75) is 31.7 Å². The summed E-state index contributed by atoms with van der Waals surface area (Å²) in [7, 11) is 0. The summed E-state index contributed by atoms with van der Waals surface area (Å²) in [4.78, 5) is 2.25. The maximum atomic E-state index is 8.91. The van der Waals surface area contributed by atoms with E-state index in [0.29, 0.717) is 19.2 Å². The second-order valence-electron chi connectivity index (χ2n) is 4.87. The Bertz CT molecular complexity index is 438. The van der Waals surface area contributed by atoms with Crippen LogP contribution in [0.3, 0.4) is 0 Å². The molecule has 1 aromatic carbocycles. The van der Waals surface area contributed by atoms with E-state index in [9.17, 15) is 0 Å². The smallest absolute Gasteiger partial charge is 0.120 e. The van der Waals surface area contributed by atoms with Gasteiger partial charge in [0.15, 0.2) is 0 Å². The SMILES string of the molecule is N#CCN(CCOc1cccc(Br)c1)C1CCCC1. The summed E-state index contributed by atoms with van der Waals surface area (Å²) >= 11 is 3.43. The van der Waals surface area contributed by atoms with Gasteiger partial charge in [-0.1, -0.05) is 34.8 Å². The third kappa shape index (κ3) is 4.52. The predicted octanol–water partition coefficient (Wildman–Crippen LogP) is 3.60. The highest BCUT2D eigenvalue weighted by atomic mass is 79.9. The molecule has 4 heteroatoms. The molecule has 0 aliphatic heterocycles. The minimum Gasteiger partial charge on any atom is -0.492 e. The molecule has 2 rings (SSSR count). The van der Waals surface area contributed by atoms with E-state index < -0.39 is 0 Å². The monoisotopic (exact) mass is 322 g/mol. The van der Waals surface area contributed by atoms with Crippen molar-refractivity contribution < 1.29 is 4.74 Å². The minimum atomic E-state index is 0.506. The average Bonchev–Trinajstić information content (AvgIpc) is 2.91. The van der Waals surface area contributed by atoms with Gasteiger partial charge in [-0.2, -0.15) is 5.26 Å². The van der Waals surface area contributed by atoms with Gasteiger partial charge in [-0.15, -0.1) is 0 Å². The van der Waals surface area contributed by atoms with Crippen LogP contribution < -0.4 is 4.74 Å². The number of halogens is 1. The van der Waals surface area contributed by atoms with Crippen LogP contribution in [-0.4, -0.2) is 30.6 Å². The second kappa shape index (κ2) is 7.52. The van der Waals surface area contributed by atoms with Crippen LogP contribution in [0.2, 0.25) is 0 Å². The Balaban J connectivity index is 1.80. The Kier molecular flexibility index (Phi) is 5.68. The molecule has 0 atom stereocenters. The number of ether oxygens (including phenoxy) is 1. The van der Waals surface area contributed by atoms with E-state index >= 15 is 0 Å². The Hall–Kier alpha value is -1.05. The molecule has 102 valence electrons. The highest BCUT2D eigenvalue weighted by molar-refractivity contribution is 9.10. The van der Waals surface area contributed by atoms with Gasteiger partial charge in [-0.25, -0.2) is 0 Å². The third-order valence-electron chi connectivity index (χ3n) is 3.56. The van der Waals surface area contributed by atoms with Crippen molar-refractivity contribution in [2.75, 3.05) is 19.7 Å². The average molecular weight is 323 g/mol. The maximum absolute atomic E-state index is 8.91. The Morgan fingerprint density at radius 1 is 1.37 bits per heavy atom. The van der Waals surface area contributed by atoms with E-state index in [-0.39, 0.29) is 0 Å². The number of hydrogen-bond donors (Lipinski definition) is 0. The number of rotatable bonds is 6. The molecule has 0 spiro atoms. The number of nitrogens with zero attached hydrogens (tertiary/aromatic N) is 2. The quantitative estimate of drug-likeness (QED) is 0.751. The van der Waals surface area contributed by atoms with E-state index in [1.54, 1.807) is 0 Å². The molecular formula is C15H19BrN2O. The minimum absolute atomic E-state index is 0.506. The lowest BCUT2D eigenvalue weighted by Crippen LogP contribution is -2.36. The number of nitriles is 1. The molecule has 0 aromatic heterocycles. The van der Waals surface area contributed by atoms with Gasteiger partial charge in [0.1, 0.15) is 12.4 Å². The summed E-state index contributed by atoms with van der Waals surface area (Å²) in [5.41, 5.74) is 0. The van der Waals surface area contributed by atoms with E-state index in [1.165, 1.54) is 25.7 Å². The Labute approximate surface area is 123 Å². The number of benzene rings is 1. The molecule has 0 unspecified atom stereocenters. The van der Waals surface area contributed by atoms with Crippen molar-refractivity contribution in [3.8, 4) is 11.8 Å². The van der Waals surface area contributed by atoms with Crippen LogP contribution in [0.1, 0.15) is 25.7 Å². The lowest BCUT2D eigenvalue weighted by Gasteiger charge is -2.25. The van der Waals surface area contributed by atoms with E-state index in [1.807, 2.05) is 24.3 Å². The molecule has 1 fully saturated rings. The summed E-state index contributed by atoms with van der Waals surface area (Å²) in [6.07, 6.45) is 5.02. The second-order valence-corrected chi connectivity index (χ2v) is 5.79. The van der Waals surface area contributed by atoms with Crippen LogP contribution in [0.15, 0.2) is 28.7 Å². The molecule has 19 heavy (non-hydrogen) atoms. The van der Waals surface area contributed by atoms with Gasteiger partial charge in [-0.05, 0) is 31.0 Å². The lowest BCUT2D eigenvalue weighted by molar-refractivity contribution is 0.177. The standard InChI is InChI=1S/C15H19BrN2O/c16-13-4-3-7-15(12-13)19-11-10-18(9-8-17)14-5-1-2-6-14/h3-4,7,12,14H,1-2,5-6,9-11H2. The topological polar surface area (TPSA) is 36.3 Å². The first-order chi connectivity index (χ1) is 9.29. The first kappa shape index (κ1) is 14.4. The molecule has 0 bridgehead atoms. The van der Waals surface area contributed by atoms with Gasteiger partial charge in [0.2, 0.25) is 0 Å². The largest absolute Gasteiger partial charge is 0.492 e. The molecule has 0 amide bonds. The van der Waals surface area contributed by atoms with E-state index in [4.69, 9.17) is 10.00 Å². The van der Waals surface area contributed by atoms with Crippen LogP contribution in [0.4, 0.5) is 0 Å². The Morgan fingerprint density at radius 3 is 2.84 bits per heavy atom. The van der Waals surface area contributed by atoms with Crippen LogP contribution >= 0.6 is 15.9 Å². The van der Waals surface area contributed by atoms with Gasteiger partial charge >= 0.3 is 0 Å². The summed E-state index contributed by atoms with van der Waals surface area (Å²) in [5, 5.41) is 8.91. The fourth-order valence-electron chi connectivity index (χ4n) is 2.59. The molecule has 3 nitrogen and oxygen atoms in total. The van der Waals surface area contributed by atoms with Gasteiger partial charge in [0.25, 0.3) is 0 Å². The first-order valence-corrected chi connectivity index (χ1v) is 7.58. The molecule has 1 aliphatic rings. The van der Waals surface area contributed by atoms with Crippen molar-refractivity contribution in [1.29, 1.82) is 5.26 Å². The van der Waals surface area contributed by atoms with Gasteiger partial charge in [-0.3, -0.25) is 4.90 Å². The van der Waals surface area contributed by atoms with Crippen LogP contribution in [0.5, 0.6) is 5.75 Å². The van der Waals surface area contributed by atoms with Crippen LogP contribution in [0.25, 0.3) is 0 Å². The molecule has 0 radical (unpaired) electrons. The summed E-state index contributed by atoms with van der Waals surface area (Å²) in [5.74, 6) is 0.873. The third-order valence-corrected chi connectivity index (χ3v) is 4.05. The number of hydrogen-bond acceptors (Lipinski definition) is 3. The van der Waals surface area contributed by atoms with E-state index in [2.05, 4.69) is 26.9 Å². The molecule has 1 aliphatic carbocycles. The van der Waals surface area contributed by atoms with Crippen molar-refractivity contribution in [1.82, 2.24) is 4.90 Å². The highest BCUT2D eigenvalue weighted by Crippen LogP contribution is 2.23. The molecule has 0 N–H and O–H groups in total. The summed E-state index contributed by atoms with van der Waals surface area (Å²) < 4.78 is 6.76. The summed E-state index contributed by atoms with van der Waals surface area (Å²) in [6, 6.07) is 10.7. The highest BCUT2D eigenvalue weighted by Gasteiger charge is 2.21. The maximum Gasteiger partial charge on any atom is 0.120 e. The zero-order chi connectivity index (χ0) is 13.5. The predicted molar refractivity (Wildman–Crippen MR) is 79.1 cm³/mol. The van der Waals surface area contributed by atoms with Crippen LogP contribution in [-0.2, 0) is 0 Å². The Morgan fingerprint density at radius 2 is 2.16 bits per heavy atom. The fourth-order valence-corrected chi connectivity index (χ4v) is 2.97. The molecule has 1 aromatic rings. The molecule has 0 heterocycles. The van der Waals surface area contributed by atoms with Crippen LogP contribution in [0, 0.1) is 11.3 Å². The lowest BCUT2D eigenvalue weighted by atomic mass is 10.2. The summed E-state index contributed by atoms with van der Waals surface area (Å²) in [6.45, 7) is 1.96. The van der Waals surface area contributed by atoms with Crippen molar-refractivity contribution >= 4 is 15.9 Å². The van der Waals surface area contributed by atoms with E-state index in [0.717, 1.165) is 16.8 Å². The molecule has 1 saturated carbocycles.